The summed E-state index contributed by atoms with van der Waals surface area (Å²) in [5.41, 5.74) is 15.3. The van der Waals surface area contributed by atoms with E-state index in [1.54, 1.807) is 12.1 Å². The summed E-state index contributed by atoms with van der Waals surface area (Å²) in [5.74, 6) is 0.378. The maximum Gasteiger partial charge on any atom is 0.248 e. The molecule has 0 radical (unpaired) electrons. The van der Waals surface area contributed by atoms with E-state index >= 15 is 0 Å². The highest BCUT2D eigenvalue weighted by Crippen LogP contribution is 2.28. The second-order valence-corrected chi connectivity index (χ2v) is 6.56. The van der Waals surface area contributed by atoms with Crippen molar-refractivity contribution in [2.24, 2.45) is 5.73 Å². The van der Waals surface area contributed by atoms with E-state index in [0.29, 0.717) is 35.1 Å². The van der Waals surface area contributed by atoms with Gasteiger partial charge in [-0.3, -0.25) is 4.79 Å². The zero-order chi connectivity index (χ0) is 19.4. The number of nitrogens with two attached hydrogens (primary N) is 2. The lowest BCUT2D eigenvalue weighted by molar-refractivity contribution is 0.1000. The molecule has 1 aromatic heterocycles. The summed E-state index contributed by atoms with van der Waals surface area (Å²) < 4.78 is 0. The Kier molecular flexibility index (Phi) is 5.57. The van der Waals surface area contributed by atoms with Crippen LogP contribution in [-0.2, 0) is 6.42 Å². The van der Waals surface area contributed by atoms with Gasteiger partial charge in [-0.25, -0.2) is 4.98 Å². The second-order valence-electron chi connectivity index (χ2n) is 6.15. The molecular weight excluding hydrogens is 362 g/mol. The zero-order valence-electron chi connectivity index (χ0n) is 14.9. The highest BCUT2D eigenvalue weighted by atomic mass is 35.5. The Hall–Kier alpha value is -3.12. The molecule has 2 aromatic carbocycles. The minimum atomic E-state index is -0.435. The van der Waals surface area contributed by atoms with Gasteiger partial charge in [-0.1, -0.05) is 35.9 Å². The number of primary amides is 1. The zero-order valence-corrected chi connectivity index (χ0v) is 15.6. The molecule has 6 nitrogen and oxygen atoms in total. The van der Waals surface area contributed by atoms with E-state index < -0.39 is 5.91 Å². The van der Waals surface area contributed by atoms with Gasteiger partial charge in [-0.15, -0.1) is 0 Å². The van der Waals surface area contributed by atoms with Gasteiger partial charge >= 0.3 is 0 Å². The van der Waals surface area contributed by atoms with Gasteiger partial charge < -0.3 is 16.8 Å². The molecule has 0 aliphatic rings. The van der Waals surface area contributed by atoms with Crippen molar-refractivity contribution in [1.29, 1.82) is 0 Å². The summed E-state index contributed by atoms with van der Waals surface area (Å²) >= 11 is 6.21. The quantitative estimate of drug-likeness (QED) is 0.606. The third kappa shape index (κ3) is 4.54. The SMILES string of the molecule is Cc1c(Cl)cccc1-c1cc(NCCc2cccc(C(N)=O)c2)nc(N)n1. The predicted octanol–water partition coefficient (Wildman–Crippen LogP) is 3.44. The van der Waals surface area contributed by atoms with Crippen LogP contribution in [-0.4, -0.2) is 22.4 Å². The molecule has 0 atom stereocenters. The lowest BCUT2D eigenvalue weighted by Gasteiger charge is -2.11. The Balaban J connectivity index is 1.74. The van der Waals surface area contributed by atoms with Crippen molar-refractivity contribution >= 4 is 29.3 Å². The number of amides is 1. The number of carbonyl (C=O) groups is 1. The Labute approximate surface area is 162 Å². The summed E-state index contributed by atoms with van der Waals surface area (Å²) in [4.78, 5) is 19.8. The van der Waals surface area contributed by atoms with Gasteiger partial charge in [-0.2, -0.15) is 4.98 Å². The van der Waals surface area contributed by atoms with Crippen LogP contribution in [0, 0.1) is 6.92 Å². The van der Waals surface area contributed by atoms with E-state index in [2.05, 4.69) is 15.3 Å². The summed E-state index contributed by atoms with van der Waals surface area (Å²) in [6.45, 7) is 2.56. The average molecular weight is 382 g/mol. The van der Waals surface area contributed by atoms with Crippen LogP contribution in [0.25, 0.3) is 11.3 Å². The number of hydrogen-bond donors (Lipinski definition) is 3. The van der Waals surface area contributed by atoms with Crippen LogP contribution in [0.2, 0.25) is 5.02 Å². The van der Waals surface area contributed by atoms with Crippen molar-refractivity contribution in [3.63, 3.8) is 0 Å². The number of anilines is 2. The van der Waals surface area contributed by atoms with Crippen molar-refractivity contribution < 1.29 is 4.79 Å². The first kappa shape index (κ1) is 18.7. The number of nitrogens with one attached hydrogen (secondary N) is 1. The number of rotatable bonds is 6. The van der Waals surface area contributed by atoms with Crippen LogP contribution in [0.15, 0.2) is 48.5 Å². The average Bonchev–Trinajstić information content (AvgIpc) is 2.64. The largest absolute Gasteiger partial charge is 0.370 e. The van der Waals surface area contributed by atoms with Crippen molar-refractivity contribution in [3.8, 4) is 11.3 Å². The van der Waals surface area contributed by atoms with Gasteiger partial charge in [0.05, 0.1) is 5.69 Å². The fourth-order valence-corrected chi connectivity index (χ4v) is 2.97. The molecule has 0 aliphatic heterocycles. The summed E-state index contributed by atoms with van der Waals surface area (Å²) in [6.07, 6.45) is 0.705. The monoisotopic (exact) mass is 381 g/mol. The molecule has 5 N–H and O–H groups in total. The Morgan fingerprint density at radius 3 is 2.70 bits per heavy atom. The first-order chi connectivity index (χ1) is 12.9. The fraction of sp³-hybridized carbons (Fsp3) is 0.150. The molecule has 0 fully saturated rings. The molecule has 0 bridgehead atoms. The molecule has 0 saturated heterocycles. The van der Waals surface area contributed by atoms with Crippen LogP contribution in [0.5, 0.6) is 0 Å². The van der Waals surface area contributed by atoms with E-state index in [-0.39, 0.29) is 5.95 Å². The number of benzene rings is 2. The second kappa shape index (κ2) is 8.05. The summed E-state index contributed by atoms with van der Waals surface area (Å²) in [7, 11) is 0. The van der Waals surface area contributed by atoms with E-state index in [1.165, 1.54) is 0 Å². The van der Waals surface area contributed by atoms with Crippen molar-refractivity contribution in [1.82, 2.24) is 9.97 Å². The van der Waals surface area contributed by atoms with Gasteiger partial charge in [0.2, 0.25) is 11.9 Å². The molecule has 1 amide bonds. The van der Waals surface area contributed by atoms with E-state index in [4.69, 9.17) is 23.1 Å². The number of aromatic nitrogens is 2. The van der Waals surface area contributed by atoms with Crippen LogP contribution < -0.4 is 16.8 Å². The predicted molar refractivity (Wildman–Crippen MR) is 109 cm³/mol. The Morgan fingerprint density at radius 1 is 1.15 bits per heavy atom. The molecule has 3 rings (SSSR count). The molecule has 0 unspecified atom stereocenters. The fourth-order valence-electron chi connectivity index (χ4n) is 2.79. The van der Waals surface area contributed by atoms with Gasteiger partial charge in [0.25, 0.3) is 0 Å². The lowest BCUT2D eigenvalue weighted by Crippen LogP contribution is -2.12. The Morgan fingerprint density at radius 2 is 1.93 bits per heavy atom. The van der Waals surface area contributed by atoms with Crippen molar-refractivity contribution in [3.05, 3.63) is 70.2 Å². The highest BCUT2D eigenvalue weighted by Gasteiger charge is 2.09. The van der Waals surface area contributed by atoms with E-state index in [9.17, 15) is 4.79 Å². The summed E-state index contributed by atoms with van der Waals surface area (Å²) in [6, 6.07) is 14.8. The van der Waals surface area contributed by atoms with Crippen LogP contribution in [0.4, 0.5) is 11.8 Å². The smallest absolute Gasteiger partial charge is 0.248 e. The maximum atomic E-state index is 11.3. The first-order valence-corrected chi connectivity index (χ1v) is 8.84. The van der Waals surface area contributed by atoms with Gasteiger partial charge in [0, 0.05) is 28.8 Å². The third-order valence-corrected chi connectivity index (χ3v) is 4.63. The van der Waals surface area contributed by atoms with Crippen LogP contribution in [0.1, 0.15) is 21.5 Å². The van der Waals surface area contributed by atoms with E-state index in [0.717, 1.165) is 16.7 Å². The highest BCUT2D eigenvalue weighted by molar-refractivity contribution is 6.31. The van der Waals surface area contributed by atoms with Crippen molar-refractivity contribution in [2.45, 2.75) is 13.3 Å². The molecule has 3 aromatic rings. The van der Waals surface area contributed by atoms with Crippen LogP contribution in [0.3, 0.4) is 0 Å². The minimum Gasteiger partial charge on any atom is -0.370 e. The third-order valence-electron chi connectivity index (χ3n) is 4.22. The molecule has 1 heterocycles. The normalized spacial score (nSPS) is 10.6. The van der Waals surface area contributed by atoms with Crippen LogP contribution >= 0.6 is 11.6 Å². The topological polar surface area (TPSA) is 107 Å². The number of carbonyl (C=O) groups excluding carboxylic acids is 1. The lowest BCUT2D eigenvalue weighted by atomic mass is 10.1. The molecular formula is C20H20ClN5O. The number of nitrogens with zero attached hydrogens (tertiary/aromatic N) is 2. The maximum absolute atomic E-state index is 11.3. The molecule has 0 aliphatic carbocycles. The molecule has 27 heavy (non-hydrogen) atoms. The molecule has 0 spiro atoms. The van der Waals surface area contributed by atoms with Gasteiger partial charge in [0.15, 0.2) is 0 Å². The standard InChI is InChI=1S/C20H20ClN5O/c1-12-15(6-3-7-16(12)21)17-11-18(26-20(23)25-17)24-9-8-13-4-2-5-14(10-13)19(22)27/h2-7,10-11H,8-9H2,1H3,(H2,22,27)(H3,23,24,25,26). The Bertz CT molecular complexity index is 990. The molecule has 7 heteroatoms. The van der Waals surface area contributed by atoms with E-state index in [1.807, 2.05) is 43.3 Å². The molecule has 0 saturated carbocycles. The van der Waals surface area contributed by atoms with Crippen molar-refractivity contribution in [2.75, 3.05) is 17.6 Å². The first-order valence-electron chi connectivity index (χ1n) is 8.46. The molecule has 138 valence electrons. The summed E-state index contributed by atoms with van der Waals surface area (Å²) in [5, 5.41) is 3.92. The van der Waals surface area contributed by atoms with Gasteiger partial charge in [-0.05, 0) is 42.7 Å². The number of halogens is 1. The van der Waals surface area contributed by atoms with Gasteiger partial charge in [0.1, 0.15) is 5.82 Å². The number of nitrogen functional groups attached to an aromatic ring is 1. The minimum absolute atomic E-state index is 0.185. The number of hydrogen-bond acceptors (Lipinski definition) is 5.